The summed E-state index contributed by atoms with van der Waals surface area (Å²) in [6, 6.07) is 4.71. The van der Waals surface area contributed by atoms with E-state index in [9.17, 15) is 13.2 Å². The molecule has 0 radical (unpaired) electrons. The molecule has 0 aliphatic carbocycles. The molecule has 1 aliphatic heterocycles. The molecule has 168 valence electrons. The molecule has 2 heterocycles. The van der Waals surface area contributed by atoms with E-state index in [4.69, 9.17) is 9.47 Å². The highest BCUT2D eigenvalue weighted by molar-refractivity contribution is 7.89. The van der Waals surface area contributed by atoms with Crippen molar-refractivity contribution in [1.82, 2.24) is 14.3 Å². The fraction of sp³-hybridized carbons (Fsp3) is 0.476. The standard InChI is InChI=1S/C21H28N4O5S/c1-15-10-18(29-3)11-16(2)21(15)31(27,28)25-9-5-4-6-17(25)12-30-13-20(26)24-19-7-8-22-14-23-19/h7-8,10-11,14,17H,4-6,9,12-13H2,1-3H3,(H,22,23,24,26). The molecule has 1 aliphatic rings. The van der Waals surface area contributed by atoms with E-state index >= 15 is 0 Å². The topological polar surface area (TPSA) is 111 Å². The lowest BCUT2D eigenvalue weighted by atomic mass is 10.1. The molecule has 2 aromatic rings. The fourth-order valence-corrected chi connectivity index (χ4v) is 5.94. The molecule has 1 N–H and O–H groups in total. The fourth-order valence-electron chi connectivity index (χ4n) is 3.84. The van der Waals surface area contributed by atoms with Gasteiger partial charge < -0.3 is 14.8 Å². The first-order valence-electron chi connectivity index (χ1n) is 10.1. The summed E-state index contributed by atoms with van der Waals surface area (Å²) in [5, 5.41) is 2.61. The summed E-state index contributed by atoms with van der Waals surface area (Å²) in [5.41, 5.74) is 1.29. The van der Waals surface area contributed by atoms with E-state index in [1.54, 1.807) is 39.2 Å². The van der Waals surface area contributed by atoms with Crippen LogP contribution in [0.5, 0.6) is 5.75 Å². The van der Waals surface area contributed by atoms with E-state index in [-0.39, 0.29) is 25.2 Å². The Kier molecular flexibility index (Phi) is 7.58. The van der Waals surface area contributed by atoms with Crippen molar-refractivity contribution in [2.24, 2.45) is 0 Å². The molecule has 1 fully saturated rings. The van der Waals surface area contributed by atoms with Gasteiger partial charge in [0.2, 0.25) is 10.0 Å². The van der Waals surface area contributed by atoms with Crippen LogP contribution in [0.25, 0.3) is 0 Å². The van der Waals surface area contributed by atoms with Crippen molar-refractivity contribution in [3.8, 4) is 5.75 Å². The minimum atomic E-state index is -3.72. The highest BCUT2D eigenvalue weighted by Gasteiger charge is 2.35. The number of aromatic nitrogens is 2. The van der Waals surface area contributed by atoms with E-state index in [1.807, 2.05) is 0 Å². The predicted molar refractivity (Wildman–Crippen MR) is 115 cm³/mol. The Hall–Kier alpha value is -2.56. The maximum atomic E-state index is 13.5. The number of piperidine rings is 1. The number of nitrogens with one attached hydrogen (secondary N) is 1. The van der Waals surface area contributed by atoms with Gasteiger partial charge in [-0.15, -0.1) is 0 Å². The number of hydrogen-bond donors (Lipinski definition) is 1. The normalized spacial score (nSPS) is 17.3. The molecule has 1 unspecified atom stereocenters. The molecule has 1 aromatic heterocycles. The van der Waals surface area contributed by atoms with E-state index in [0.717, 1.165) is 12.8 Å². The number of hydrogen-bond acceptors (Lipinski definition) is 7. The maximum absolute atomic E-state index is 13.5. The molecule has 0 spiro atoms. The minimum Gasteiger partial charge on any atom is -0.497 e. The number of aryl methyl sites for hydroxylation is 2. The predicted octanol–water partition coefficient (Wildman–Crippen LogP) is 2.30. The van der Waals surface area contributed by atoms with Crippen LogP contribution in [-0.2, 0) is 19.6 Å². The summed E-state index contributed by atoms with van der Waals surface area (Å²) in [6.45, 7) is 3.93. The lowest BCUT2D eigenvalue weighted by Crippen LogP contribution is -2.46. The van der Waals surface area contributed by atoms with E-state index < -0.39 is 10.0 Å². The number of rotatable bonds is 8. The van der Waals surface area contributed by atoms with Crippen LogP contribution in [0.2, 0.25) is 0 Å². The van der Waals surface area contributed by atoms with Crippen molar-refractivity contribution >= 4 is 21.7 Å². The Bertz CT molecular complexity index is 991. The van der Waals surface area contributed by atoms with Crippen molar-refractivity contribution in [1.29, 1.82) is 0 Å². The van der Waals surface area contributed by atoms with Gasteiger partial charge >= 0.3 is 0 Å². The van der Waals surface area contributed by atoms with Crippen LogP contribution < -0.4 is 10.1 Å². The average molecular weight is 449 g/mol. The van der Waals surface area contributed by atoms with Crippen LogP contribution >= 0.6 is 0 Å². The Morgan fingerprint density at radius 1 is 1.26 bits per heavy atom. The van der Waals surface area contributed by atoms with Crippen molar-refractivity contribution in [3.05, 3.63) is 41.9 Å². The highest BCUT2D eigenvalue weighted by Crippen LogP contribution is 2.31. The third-order valence-electron chi connectivity index (χ3n) is 5.20. The summed E-state index contributed by atoms with van der Waals surface area (Å²) < 4.78 is 39.4. The van der Waals surface area contributed by atoms with Crippen LogP contribution in [0.15, 0.2) is 35.6 Å². The summed E-state index contributed by atoms with van der Waals surface area (Å²) in [4.78, 5) is 20.1. The van der Waals surface area contributed by atoms with Crippen LogP contribution in [0.3, 0.4) is 0 Å². The maximum Gasteiger partial charge on any atom is 0.251 e. The van der Waals surface area contributed by atoms with Crippen molar-refractivity contribution in [3.63, 3.8) is 0 Å². The van der Waals surface area contributed by atoms with Crippen LogP contribution in [0.1, 0.15) is 30.4 Å². The first kappa shape index (κ1) is 23.1. The number of benzene rings is 1. The van der Waals surface area contributed by atoms with Gasteiger partial charge in [0.25, 0.3) is 5.91 Å². The second-order valence-electron chi connectivity index (χ2n) is 7.51. The molecule has 1 aromatic carbocycles. The first-order chi connectivity index (χ1) is 14.8. The summed E-state index contributed by atoms with van der Waals surface area (Å²) in [5.74, 6) is 0.656. The Labute approximate surface area is 182 Å². The van der Waals surface area contributed by atoms with Gasteiger partial charge in [-0.3, -0.25) is 4.79 Å². The monoisotopic (exact) mass is 448 g/mol. The van der Waals surface area contributed by atoms with Gasteiger partial charge in [-0.05, 0) is 56.0 Å². The first-order valence-corrected chi connectivity index (χ1v) is 11.6. The third-order valence-corrected chi connectivity index (χ3v) is 7.46. The zero-order valence-electron chi connectivity index (χ0n) is 18.0. The van der Waals surface area contributed by atoms with Crippen molar-refractivity contribution in [2.45, 2.75) is 44.0 Å². The number of ether oxygens (including phenoxy) is 2. The number of carbonyl (C=O) groups is 1. The minimum absolute atomic E-state index is 0.144. The number of sulfonamides is 1. The SMILES string of the molecule is COc1cc(C)c(S(=O)(=O)N2CCCCC2COCC(=O)Nc2ccncn2)c(C)c1. The van der Waals surface area contributed by atoms with Crippen LogP contribution in [0.4, 0.5) is 5.82 Å². The summed E-state index contributed by atoms with van der Waals surface area (Å²) in [7, 11) is -2.16. The smallest absolute Gasteiger partial charge is 0.251 e. The number of nitrogens with zero attached hydrogens (tertiary/aromatic N) is 3. The zero-order valence-corrected chi connectivity index (χ0v) is 18.8. The van der Waals surface area contributed by atoms with Crippen LogP contribution in [0, 0.1) is 13.8 Å². The second-order valence-corrected chi connectivity index (χ2v) is 9.34. The molecule has 1 saturated heterocycles. The van der Waals surface area contributed by atoms with Crippen LogP contribution in [-0.4, -0.2) is 61.5 Å². The van der Waals surface area contributed by atoms with Crippen molar-refractivity contribution in [2.75, 3.05) is 32.2 Å². The average Bonchev–Trinajstić information content (AvgIpc) is 2.74. The van der Waals surface area contributed by atoms with Crippen molar-refractivity contribution < 1.29 is 22.7 Å². The quantitative estimate of drug-likeness (QED) is 0.660. The summed E-state index contributed by atoms with van der Waals surface area (Å²) in [6.07, 6.45) is 5.24. The Morgan fingerprint density at radius 2 is 2.00 bits per heavy atom. The molecular weight excluding hydrogens is 420 g/mol. The van der Waals surface area contributed by atoms with Gasteiger partial charge in [0.1, 0.15) is 24.5 Å². The van der Waals surface area contributed by atoms with Gasteiger partial charge in [-0.2, -0.15) is 4.31 Å². The lowest BCUT2D eigenvalue weighted by Gasteiger charge is -2.35. The summed E-state index contributed by atoms with van der Waals surface area (Å²) >= 11 is 0. The molecule has 9 nitrogen and oxygen atoms in total. The van der Waals surface area contributed by atoms with E-state index in [1.165, 1.54) is 16.8 Å². The van der Waals surface area contributed by atoms with Gasteiger partial charge in [0.15, 0.2) is 0 Å². The van der Waals surface area contributed by atoms with Gasteiger partial charge in [0.05, 0.1) is 18.6 Å². The van der Waals surface area contributed by atoms with E-state index in [0.29, 0.717) is 40.6 Å². The van der Waals surface area contributed by atoms with Gasteiger partial charge in [-0.25, -0.2) is 18.4 Å². The van der Waals surface area contributed by atoms with Gasteiger partial charge in [0, 0.05) is 18.8 Å². The zero-order chi connectivity index (χ0) is 22.4. The third kappa shape index (κ3) is 5.57. The molecular formula is C21H28N4O5S. The molecule has 1 amide bonds. The largest absolute Gasteiger partial charge is 0.497 e. The number of carbonyl (C=O) groups excluding carboxylic acids is 1. The molecule has 10 heteroatoms. The van der Waals surface area contributed by atoms with Gasteiger partial charge in [-0.1, -0.05) is 6.42 Å². The molecule has 1 atom stereocenters. The molecule has 0 saturated carbocycles. The molecule has 31 heavy (non-hydrogen) atoms. The highest BCUT2D eigenvalue weighted by atomic mass is 32.2. The lowest BCUT2D eigenvalue weighted by molar-refractivity contribution is -0.121. The van der Waals surface area contributed by atoms with E-state index in [2.05, 4.69) is 15.3 Å². The molecule has 3 rings (SSSR count). The number of anilines is 1. The Balaban J connectivity index is 1.68. The number of amides is 1. The molecule has 0 bridgehead atoms. The number of methoxy groups -OCH3 is 1. The second kappa shape index (κ2) is 10.2. The Morgan fingerprint density at radius 3 is 2.65 bits per heavy atom.